The van der Waals surface area contributed by atoms with E-state index in [1.54, 1.807) is 12.1 Å². The van der Waals surface area contributed by atoms with Crippen LogP contribution in [0.5, 0.6) is 0 Å². The Morgan fingerprint density at radius 3 is 2.69 bits per heavy atom. The molecule has 1 aromatic heterocycles. The number of benzene rings is 2. The standard InChI is InChI=1S/C22H22FN3O3/c23-17-4-1-14(2-5-17)15-7-9-26(10-8-15)13-18-12-20(25-29-18)16-3-6-19-21(11-16)28-22(27)24-19/h1-6,11-12,15,18,25H,7-10,13H2,(H,24,27). The number of fused-ring (bicyclic) bond motifs is 1. The summed E-state index contributed by atoms with van der Waals surface area (Å²) in [4.78, 5) is 22.1. The summed E-state index contributed by atoms with van der Waals surface area (Å²) in [5.74, 6) is -0.149. The van der Waals surface area contributed by atoms with Gasteiger partial charge in [0.25, 0.3) is 0 Å². The van der Waals surface area contributed by atoms with Crippen LogP contribution in [0.2, 0.25) is 0 Å². The van der Waals surface area contributed by atoms with Crippen LogP contribution in [0.15, 0.2) is 57.8 Å². The minimum absolute atomic E-state index is 0.0405. The molecule has 7 heteroatoms. The van der Waals surface area contributed by atoms with Gasteiger partial charge >= 0.3 is 5.76 Å². The summed E-state index contributed by atoms with van der Waals surface area (Å²) in [6.45, 7) is 2.80. The molecule has 2 N–H and O–H groups in total. The van der Waals surface area contributed by atoms with Crippen LogP contribution >= 0.6 is 0 Å². The summed E-state index contributed by atoms with van der Waals surface area (Å²) >= 11 is 0. The topological polar surface area (TPSA) is 70.5 Å². The molecule has 2 aliphatic rings. The molecule has 0 amide bonds. The Hall–Kier alpha value is -2.90. The van der Waals surface area contributed by atoms with E-state index in [-0.39, 0.29) is 11.9 Å². The molecule has 0 saturated carbocycles. The zero-order chi connectivity index (χ0) is 19.8. The third-order valence-corrected chi connectivity index (χ3v) is 5.77. The molecule has 1 unspecified atom stereocenters. The predicted octanol–water partition coefficient (Wildman–Crippen LogP) is 3.38. The lowest BCUT2D eigenvalue weighted by atomic mass is 9.89. The molecular formula is C22H22FN3O3. The smallest absolute Gasteiger partial charge is 0.408 e. The number of hydrogen-bond acceptors (Lipinski definition) is 5. The van der Waals surface area contributed by atoms with E-state index in [0.29, 0.717) is 17.0 Å². The van der Waals surface area contributed by atoms with Gasteiger partial charge in [-0.15, -0.1) is 0 Å². The van der Waals surface area contributed by atoms with Crippen LogP contribution < -0.4 is 11.2 Å². The number of rotatable bonds is 4. The average molecular weight is 395 g/mol. The van der Waals surface area contributed by atoms with Crippen LogP contribution in [0.25, 0.3) is 16.8 Å². The van der Waals surface area contributed by atoms with Crippen LogP contribution in [0.1, 0.15) is 29.9 Å². The molecule has 2 aliphatic heterocycles. The number of aromatic nitrogens is 1. The van der Waals surface area contributed by atoms with Gasteiger partial charge in [0.05, 0.1) is 11.2 Å². The zero-order valence-electron chi connectivity index (χ0n) is 15.9. The van der Waals surface area contributed by atoms with Crippen molar-refractivity contribution in [3.05, 3.63) is 76.0 Å². The molecule has 3 heterocycles. The molecule has 1 fully saturated rings. The van der Waals surface area contributed by atoms with E-state index >= 15 is 0 Å². The van der Waals surface area contributed by atoms with Crippen molar-refractivity contribution in [2.75, 3.05) is 19.6 Å². The van der Waals surface area contributed by atoms with Gasteiger partial charge in [-0.3, -0.25) is 15.3 Å². The second kappa shape index (κ2) is 7.50. The molecule has 0 spiro atoms. The highest BCUT2D eigenvalue weighted by molar-refractivity contribution is 5.78. The molecule has 0 radical (unpaired) electrons. The minimum atomic E-state index is -0.455. The van der Waals surface area contributed by atoms with E-state index < -0.39 is 5.76 Å². The molecule has 0 aliphatic carbocycles. The first kappa shape index (κ1) is 18.1. The number of hydrogen-bond donors (Lipinski definition) is 2. The lowest BCUT2D eigenvalue weighted by molar-refractivity contribution is 0.0235. The van der Waals surface area contributed by atoms with Crippen molar-refractivity contribution in [1.29, 1.82) is 0 Å². The fraction of sp³-hybridized carbons (Fsp3) is 0.318. The number of aromatic amines is 1. The third-order valence-electron chi connectivity index (χ3n) is 5.77. The summed E-state index contributed by atoms with van der Waals surface area (Å²) in [7, 11) is 0. The SMILES string of the molecule is O=c1[nH]c2ccc(C3=CC(CN4CCC(c5ccc(F)cc5)CC4)ON3)cc2o1. The second-order valence-corrected chi connectivity index (χ2v) is 7.69. The van der Waals surface area contributed by atoms with Gasteiger partial charge < -0.3 is 9.32 Å². The number of piperidine rings is 1. The predicted molar refractivity (Wildman–Crippen MR) is 108 cm³/mol. The van der Waals surface area contributed by atoms with Crippen LogP contribution in [0.3, 0.4) is 0 Å². The Morgan fingerprint density at radius 1 is 1.10 bits per heavy atom. The monoisotopic (exact) mass is 395 g/mol. The van der Waals surface area contributed by atoms with Gasteiger partial charge in [0.1, 0.15) is 11.9 Å². The Morgan fingerprint density at radius 2 is 1.90 bits per heavy atom. The van der Waals surface area contributed by atoms with E-state index in [0.717, 1.165) is 43.7 Å². The van der Waals surface area contributed by atoms with Gasteiger partial charge in [0.2, 0.25) is 0 Å². The molecule has 3 aromatic rings. The van der Waals surface area contributed by atoms with Crippen molar-refractivity contribution in [1.82, 2.24) is 15.4 Å². The summed E-state index contributed by atoms with van der Waals surface area (Å²) in [5.41, 5.74) is 7.21. The van der Waals surface area contributed by atoms with E-state index in [1.165, 1.54) is 5.56 Å². The third kappa shape index (κ3) is 3.83. The fourth-order valence-corrected chi connectivity index (χ4v) is 4.19. The van der Waals surface area contributed by atoms with Gasteiger partial charge in [0.15, 0.2) is 5.58 Å². The number of nitrogens with one attached hydrogen (secondary N) is 2. The average Bonchev–Trinajstić information content (AvgIpc) is 3.34. The van der Waals surface area contributed by atoms with Gasteiger partial charge in [-0.25, -0.2) is 9.18 Å². The minimum Gasteiger partial charge on any atom is -0.408 e. The van der Waals surface area contributed by atoms with Gasteiger partial charge in [-0.2, -0.15) is 0 Å². The van der Waals surface area contributed by atoms with Crippen LogP contribution in [-0.2, 0) is 4.84 Å². The molecule has 29 heavy (non-hydrogen) atoms. The number of hydroxylamine groups is 1. The highest BCUT2D eigenvalue weighted by Crippen LogP contribution is 2.29. The fourth-order valence-electron chi connectivity index (χ4n) is 4.19. The maximum absolute atomic E-state index is 13.1. The lowest BCUT2D eigenvalue weighted by Gasteiger charge is -2.33. The molecule has 1 saturated heterocycles. The molecule has 5 rings (SSSR count). The number of likely N-dealkylation sites (tertiary alicyclic amines) is 1. The van der Waals surface area contributed by atoms with Crippen LogP contribution in [0.4, 0.5) is 4.39 Å². The molecule has 150 valence electrons. The highest BCUT2D eigenvalue weighted by atomic mass is 19.1. The highest BCUT2D eigenvalue weighted by Gasteiger charge is 2.25. The second-order valence-electron chi connectivity index (χ2n) is 7.69. The zero-order valence-corrected chi connectivity index (χ0v) is 15.9. The normalized spacial score (nSPS) is 20.7. The number of oxazole rings is 1. The van der Waals surface area contributed by atoms with Gasteiger partial charge in [-0.1, -0.05) is 18.2 Å². The summed E-state index contributed by atoms with van der Waals surface area (Å²) in [5, 5.41) is 0. The summed E-state index contributed by atoms with van der Waals surface area (Å²) in [6, 6.07) is 12.5. The molecule has 0 bridgehead atoms. The molecule has 6 nitrogen and oxygen atoms in total. The Kier molecular flexibility index (Phi) is 4.69. The first-order valence-corrected chi connectivity index (χ1v) is 9.88. The van der Waals surface area contributed by atoms with Crippen molar-refractivity contribution in [3.8, 4) is 0 Å². The van der Waals surface area contributed by atoms with Crippen LogP contribution in [-0.4, -0.2) is 35.6 Å². The Balaban J connectivity index is 1.20. The number of H-pyrrole nitrogens is 1. The first-order valence-electron chi connectivity index (χ1n) is 9.88. The quantitative estimate of drug-likeness (QED) is 0.709. The first-order chi connectivity index (χ1) is 14.1. The molecule has 2 aromatic carbocycles. The number of nitrogens with zero attached hydrogens (tertiary/aromatic N) is 1. The van der Waals surface area contributed by atoms with E-state index in [4.69, 9.17) is 9.25 Å². The Labute approximate surface area is 166 Å². The molecule has 1 atom stereocenters. The Bertz CT molecular complexity index is 1090. The lowest BCUT2D eigenvalue weighted by Crippen LogP contribution is -2.38. The van der Waals surface area contributed by atoms with E-state index in [2.05, 4.69) is 21.4 Å². The van der Waals surface area contributed by atoms with Crippen molar-refractivity contribution in [3.63, 3.8) is 0 Å². The van der Waals surface area contributed by atoms with E-state index in [1.807, 2.05) is 30.3 Å². The number of halogens is 1. The summed E-state index contributed by atoms with van der Waals surface area (Å²) in [6.07, 6.45) is 4.15. The van der Waals surface area contributed by atoms with Gasteiger partial charge in [-0.05, 0) is 67.8 Å². The largest absolute Gasteiger partial charge is 0.417 e. The van der Waals surface area contributed by atoms with Gasteiger partial charge in [0, 0.05) is 12.1 Å². The van der Waals surface area contributed by atoms with Crippen LogP contribution in [0, 0.1) is 5.82 Å². The van der Waals surface area contributed by atoms with Crippen molar-refractivity contribution in [2.24, 2.45) is 0 Å². The van der Waals surface area contributed by atoms with Crippen molar-refractivity contribution < 1.29 is 13.6 Å². The maximum Gasteiger partial charge on any atom is 0.417 e. The van der Waals surface area contributed by atoms with Crippen molar-refractivity contribution >= 4 is 16.8 Å². The molecular weight excluding hydrogens is 373 g/mol. The summed E-state index contributed by atoms with van der Waals surface area (Å²) < 4.78 is 18.3. The maximum atomic E-state index is 13.1. The van der Waals surface area contributed by atoms with E-state index in [9.17, 15) is 9.18 Å². The van der Waals surface area contributed by atoms with Crippen molar-refractivity contribution in [2.45, 2.75) is 24.9 Å².